The molecule has 162 valence electrons. The number of nitrogens with one attached hydrogen (secondary N) is 1. The molecule has 1 heterocycles. The van der Waals surface area contributed by atoms with Crippen molar-refractivity contribution < 1.29 is 14.0 Å². The Bertz CT molecular complexity index is 883. The van der Waals surface area contributed by atoms with E-state index in [4.69, 9.17) is 5.73 Å². The molecule has 0 bridgehead atoms. The third-order valence-corrected chi connectivity index (χ3v) is 5.58. The number of rotatable bonds is 6. The third kappa shape index (κ3) is 6.20. The highest BCUT2D eigenvalue weighted by Gasteiger charge is 2.27. The lowest BCUT2D eigenvalue weighted by Crippen LogP contribution is -2.43. The van der Waals surface area contributed by atoms with Crippen LogP contribution < -0.4 is 11.1 Å². The van der Waals surface area contributed by atoms with Gasteiger partial charge in [-0.25, -0.2) is 4.39 Å². The second-order valence-corrected chi connectivity index (χ2v) is 7.66. The predicted molar refractivity (Wildman–Crippen MR) is 119 cm³/mol. The van der Waals surface area contributed by atoms with Crippen LogP contribution in [0.2, 0.25) is 0 Å². The van der Waals surface area contributed by atoms with E-state index >= 15 is 0 Å². The summed E-state index contributed by atoms with van der Waals surface area (Å²) in [7, 11) is 0. The first-order valence-corrected chi connectivity index (χ1v) is 10.1. The number of likely N-dealkylation sites (tertiary alicyclic amines) is 1. The number of nitrogen functional groups attached to an aromatic ring is 1. The Morgan fingerprint density at radius 3 is 2.53 bits per heavy atom. The third-order valence-electron chi connectivity index (χ3n) is 5.58. The van der Waals surface area contributed by atoms with Crippen molar-refractivity contribution in [2.75, 3.05) is 18.8 Å². The molecule has 5 nitrogen and oxygen atoms in total. The van der Waals surface area contributed by atoms with E-state index in [9.17, 15) is 14.0 Å². The molecule has 3 N–H and O–H groups in total. The molecule has 0 atom stereocenters. The minimum atomic E-state index is -0.263. The van der Waals surface area contributed by atoms with Crippen molar-refractivity contribution in [3.8, 4) is 0 Å². The van der Waals surface area contributed by atoms with Gasteiger partial charge in [0.25, 0.3) is 0 Å². The first-order chi connectivity index (χ1) is 13.9. The van der Waals surface area contributed by atoms with Gasteiger partial charge in [0.15, 0.2) is 0 Å². The average Bonchev–Trinajstić information content (AvgIpc) is 2.73. The van der Waals surface area contributed by atoms with Gasteiger partial charge in [0, 0.05) is 37.7 Å². The van der Waals surface area contributed by atoms with Crippen LogP contribution in [0.5, 0.6) is 0 Å². The molecule has 2 amide bonds. The van der Waals surface area contributed by atoms with Crippen LogP contribution in [-0.2, 0) is 22.6 Å². The largest absolute Gasteiger partial charge is 0.399 e. The molecule has 0 radical (unpaired) electrons. The molecular weight excluding hydrogens is 405 g/mol. The number of para-hydroxylation sites is 1. The topological polar surface area (TPSA) is 75.4 Å². The molecule has 3 rings (SSSR count). The maximum Gasteiger partial charge on any atom is 0.223 e. The van der Waals surface area contributed by atoms with Crippen molar-refractivity contribution in [3.05, 3.63) is 65.0 Å². The zero-order chi connectivity index (χ0) is 20.8. The number of anilines is 1. The van der Waals surface area contributed by atoms with Gasteiger partial charge in [0.1, 0.15) is 5.82 Å². The van der Waals surface area contributed by atoms with Crippen molar-refractivity contribution in [1.82, 2.24) is 10.2 Å². The van der Waals surface area contributed by atoms with E-state index in [2.05, 4.69) is 5.32 Å². The molecule has 7 heteroatoms. The second-order valence-electron chi connectivity index (χ2n) is 7.66. The van der Waals surface area contributed by atoms with E-state index < -0.39 is 0 Å². The SMILES string of the molecule is Cc1ccc(CNC(=O)C2CCN(C(=O)CCc3ccccc3N)CC2)cc1F.Cl. The fourth-order valence-corrected chi connectivity index (χ4v) is 3.63. The maximum atomic E-state index is 13.6. The molecule has 2 aromatic rings. The Kier molecular flexibility index (Phi) is 8.66. The molecule has 0 saturated carbocycles. The van der Waals surface area contributed by atoms with Crippen molar-refractivity contribution in [2.24, 2.45) is 5.92 Å². The molecule has 30 heavy (non-hydrogen) atoms. The number of carbonyl (C=O) groups is 2. The first kappa shape index (κ1) is 23.7. The molecule has 1 saturated heterocycles. The van der Waals surface area contributed by atoms with Gasteiger partial charge in [-0.05, 0) is 55.0 Å². The highest BCUT2D eigenvalue weighted by atomic mass is 35.5. The summed E-state index contributed by atoms with van der Waals surface area (Å²) in [5, 5.41) is 2.89. The number of hydrogen-bond acceptors (Lipinski definition) is 3. The number of amides is 2. The molecule has 1 fully saturated rings. The van der Waals surface area contributed by atoms with Crippen LogP contribution >= 0.6 is 12.4 Å². The molecule has 2 aromatic carbocycles. The number of nitrogens with two attached hydrogens (primary N) is 1. The summed E-state index contributed by atoms with van der Waals surface area (Å²) in [6.45, 7) is 3.19. The number of carbonyl (C=O) groups excluding carboxylic acids is 2. The average molecular weight is 434 g/mol. The first-order valence-electron chi connectivity index (χ1n) is 10.1. The van der Waals surface area contributed by atoms with Crippen LogP contribution in [-0.4, -0.2) is 29.8 Å². The van der Waals surface area contributed by atoms with Gasteiger partial charge in [0.2, 0.25) is 11.8 Å². The molecular formula is C23H29ClFN3O2. The summed E-state index contributed by atoms with van der Waals surface area (Å²) in [4.78, 5) is 26.7. The van der Waals surface area contributed by atoms with Gasteiger partial charge < -0.3 is 16.0 Å². The van der Waals surface area contributed by atoms with Crippen LogP contribution in [0.1, 0.15) is 36.0 Å². The lowest BCUT2D eigenvalue weighted by atomic mass is 9.95. The summed E-state index contributed by atoms with van der Waals surface area (Å²) >= 11 is 0. The summed E-state index contributed by atoms with van der Waals surface area (Å²) in [5.74, 6) is -0.308. The van der Waals surface area contributed by atoms with E-state index in [0.717, 1.165) is 11.1 Å². The fourth-order valence-electron chi connectivity index (χ4n) is 3.63. The minimum Gasteiger partial charge on any atom is -0.399 e. The van der Waals surface area contributed by atoms with Gasteiger partial charge in [-0.1, -0.05) is 30.3 Å². The quantitative estimate of drug-likeness (QED) is 0.683. The number of aryl methyl sites for hydroxylation is 2. The number of nitrogens with zero attached hydrogens (tertiary/aromatic N) is 1. The van der Waals surface area contributed by atoms with Gasteiger partial charge in [-0.15, -0.1) is 12.4 Å². The van der Waals surface area contributed by atoms with Gasteiger partial charge in [-0.2, -0.15) is 0 Å². The number of benzene rings is 2. The summed E-state index contributed by atoms with van der Waals surface area (Å²) in [5.41, 5.74) is 8.97. The monoisotopic (exact) mass is 433 g/mol. The Labute approximate surface area is 183 Å². The second kappa shape index (κ2) is 11.0. The van der Waals surface area contributed by atoms with Crippen molar-refractivity contribution in [2.45, 2.75) is 39.2 Å². The van der Waals surface area contributed by atoms with Crippen LogP contribution in [0.15, 0.2) is 42.5 Å². The molecule has 0 aromatic heterocycles. The van der Waals surface area contributed by atoms with Gasteiger partial charge >= 0.3 is 0 Å². The van der Waals surface area contributed by atoms with E-state index in [1.807, 2.05) is 35.2 Å². The van der Waals surface area contributed by atoms with Crippen molar-refractivity contribution >= 4 is 29.9 Å². The number of piperidine rings is 1. The Morgan fingerprint density at radius 2 is 1.87 bits per heavy atom. The van der Waals surface area contributed by atoms with Crippen molar-refractivity contribution in [1.29, 1.82) is 0 Å². The standard InChI is InChI=1S/C23H28FN3O2.ClH/c1-16-6-7-17(14-20(16)24)15-26-23(29)19-10-12-27(13-11-19)22(28)9-8-18-4-2-3-5-21(18)25;/h2-7,14,19H,8-13,15,25H2,1H3,(H,26,29);1H. The minimum absolute atomic E-state index is 0. The zero-order valence-corrected chi connectivity index (χ0v) is 18.0. The zero-order valence-electron chi connectivity index (χ0n) is 17.2. The highest BCUT2D eigenvalue weighted by Crippen LogP contribution is 2.20. The molecule has 1 aliphatic rings. The fraction of sp³-hybridized carbons (Fsp3) is 0.391. The van der Waals surface area contributed by atoms with Crippen LogP contribution in [0.25, 0.3) is 0 Å². The summed E-state index contributed by atoms with van der Waals surface area (Å²) in [6.07, 6.45) is 2.34. The Morgan fingerprint density at radius 1 is 1.17 bits per heavy atom. The summed E-state index contributed by atoms with van der Waals surface area (Å²) in [6, 6.07) is 12.6. The van der Waals surface area contributed by atoms with E-state index in [-0.39, 0.29) is 36.0 Å². The molecule has 1 aliphatic heterocycles. The Balaban J connectivity index is 0.00000320. The smallest absolute Gasteiger partial charge is 0.223 e. The van der Waals surface area contributed by atoms with E-state index in [1.165, 1.54) is 6.07 Å². The van der Waals surface area contributed by atoms with Gasteiger partial charge in [0.05, 0.1) is 0 Å². The predicted octanol–water partition coefficient (Wildman–Crippen LogP) is 3.63. The normalized spacial score (nSPS) is 14.1. The highest BCUT2D eigenvalue weighted by molar-refractivity contribution is 5.85. The van der Waals surface area contributed by atoms with Crippen molar-refractivity contribution in [3.63, 3.8) is 0 Å². The molecule has 0 unspecified atom stereocenters. The van der Waals surface area contributed by atoms with Crippen LogP contribution in [0.4, 0.5) is 10.1 Å². The summed E-state index contributed by atoms with van der Waals surface area (Å²) < 4.78 is 13.6. The van der Waals surface area contributed by atoms with Gasteiger partial charge in [-0.3, -0.25) is 9.59 Å². The maximum absolute atomic E-state index is 13.6. The lowest BCUT2D eigenvalue weighted by Gasteiger charge is -2.31. The van der Waals surface area contributed by atoms with Crippen LogP contribution in [0, 0.1) is 18.7 Å². The molecule has 0 spiro atoms. The van der Waals surface area contributed by atoms with E-state index in [1.54, 1.807) is 13.0 Å². The lowest BCUT2D eigenvalue weighted by molar-refractivity contribution is -0.135. The van der Waals surface area contributed by atoms with E-state index in [0.29, 0.717) is 56.6 Å². The van der Waals surface area contributed by atoms with Crippen LogP contribution in [0.3, 0.4) is 0 Å². The number of halogens is 2. The molecule has 0 aliphatic carbocycles. The Hall–Kier alpha value is -2.60. The number of hydrogen-bond donors (Lipinski definition) is 2.